The molecule has 1 saturated heterocycles. The lowest BCUT2D eigenvalue weighted by molar-refractivity contribution is -0.145. The molecule has 2 aromatic rings. The van der Waals surface area contributed by atoms with Crippen LogP contribution in [-0.2, 0) is 15.2 Å². The molecule has 1 fully saturated rings. The topological polar surface area (TPSA) is 130 Å². The van der Waals surface area contributed by atoms with Gasteiger partial charge < -0.3 is 26.0 Å². The largest absolute Gasteiger partial charge is 0.390 e. The number of aliphatic hydroxyl groups excluding tert-OH is 2. The summed E-state index contributed by atoms with van der Waals surface area (Å²) in [6.45, 7) is -0.286. The van der Waals surface area contributed by atoms with Crippen LogP contribution < -0.4 is 11.1 Å². The molecule has 2 aliphatic heterocycles. The molecular weight excluding hydrogens is 410 g/mol. The number of halogens is 2. The first-order valence-electron chi connectivity index (χ1n) is 9.54. The van der Waals surface area contributed by atoms with Crippen LogP contribution in [0.15, 0.2) is 53.9 Å². The van der Waals surface area contributed by atoms with Crippen LogP contribution in [0, 0.1) is 11.6 Å². The Morgan fingerprint density at radius 2 is 1.94 bits per heavy atom. The highest BCUT2D eigenvalue weighted by Gasteiger charge is 2.50. The van der Waals surface area contributed by atoms with Gasteiger partial charge in [0.05, 0.1) is 18.3 Å². The number of aliphatic hydroxyl groups is 2. The predicted octanol–water partition coefficient (Wildman–Crippen LogP) is 0.594. The minimum absolute atomic E-state index is 0.201. The van der Waals surface area contributed by atoms with E-state index < -0.39 is 47.1 Å². The van der Waals surface area contributed by atoms with Crippen molar-refractivity contribution in [1.29, 1.82) is 0 Å². The highest BCUT2D eigenvalue weighted by atomic mass is 19.1. The van der Waals surface area contributed by atoms with E-state index in [0.717, 1.165) is 12.1 Å². The van der Waals surface area contributed by atoms with E-state index in [0.29, 0.717) is 5.56 Å². The molecule has 0 saturated carbocycles. The summed E-state index contributed by atoms with van der Waals surface area (Å²) in [5.74, 6) is -2.78. The first-order chi connectivity index (χ1) is 14.8. The van der Waals surface area contributed by atoms with Crippen molar-refractivity contribution in [2.24, 2.45) is 10.7 Å². The Morgan fingerprint density at radius 3 is 2.55 bits per heavy atom. The number of aliphatic imine (C=N–C) groups is 1. The zero-order valence-corrected chi connectivity index (χ0v) is 16.2. The van der Waals surface area contributed by atoms with Gasteiger partial charge in [-0.2, -0.15) is 0 Å². The lowest BCUT2D eigenvalue weighted by Gasteiger charge is -2.44. The van der Waals surface area contributed by atoms with E-state index in [1.54, 1.807) is 18.3 Å². The van der Waals surface area contributed by atoms with Gasteiger partial charge in [0, 0.05) is 36.2 Å². The Hall–Kier alpha value is -3.21. The minimum atomic E-state index is -1.95. The van der Waals surface area contributed by atoms with E-state index in [-0.39, 0.29) is 24.3 Å². The van der Waals surface area contributed by atoms with Crippen molar-refractivity contribution < 1.29 is 28.5 Å². The van der Waals surface area contributed by atoms with Crippen LogP contribution in [0.4, 0.5) is 8.78 Å². The number of ether oxygens (including phenoxy) is 1. The Labute approximate surface area is 176 Å². The highest BCUT2D eigenvalue weighted by molar-refractivity contribution is 6.55. The van der Waals surface area contributed by atoms with Crippen molar-refractivity contribution in [3.63, 3.8) is 0 Å². The Morgan fingerprint density at radius 1 is 1.19 bits per heavy atom. The zero-order valence-electron chi connectivity index (χ0n) is 16.2. The number of nitrogens with one attached hydrogen (secondary N) is 1. The minimum Gasteiger partial charge on any atom is -0.390 e. The van der Waals surface area contributed by atoms with Crippen LogP contribution in [0.2, 0.25) is 0 Å². The molecule has 1 amide bonds. The van der Waals surface area contributed by atoms with Gasteiger partial charge in [-0.25, -0.2) is 13.8 Å². The van der Waals surface area contributed by atoms with E-state index in [4.69, 9.17) is 10.5 Å². The van der Waals surface area contributed by atoms with Crippen LogP contribution in [0.3, 0.4) is 0 Å². The average Bonchev–Trinajstić information content (AvgIpc) is 2.76. The summed E-state index contributed by atoms with van der Waals surface area (Å²) in [7, 11) is 0. The number of hydrogen-bond acceptors (Lipinski definition) is 7. The number of hydrogen-bond donors (Lipinski definition) is 4. The molecule has 1 aromatic heterocycles. The third-order valence-corrected chi connectivity index (χ3v) is 5.36. The fourth-order valence-corrected chi connectivity index (χ4v) is 3.83. The Bertz CT molecular complexity index is 1040. The maximum atomic E-state index is 14.9. The first-order valence-corrected chi connectivity index (χ1v) is 9.54. The number of benzene rings is 1. The van der Waals surface area contributed by atoms with E-state index in [9.17, 15) is 23.8 Å². The van der Waals surface area contributed by atoms with Gasteiger partial charge in [0.15, 0.2) is 5.66 Å². The van der Waals surface area contributed by atoms with Crippen molar-refractivity contribution in [1.82, 2.24) is 10.3 Å². The Kier molecular flexibility index (Phi) is 5.52. The molecule has 2 aliphatic rings. The third kappa shape index (κ3) is 3.69. The monoisotopic (exact) mass is 430 g/mol. The number of aromatic nitrogens is 1. The lowest BCUT2D eigenvalue weighted by atomic mass is 9.85. The molecule has 0 aliphatic carbocycles. The van der Waals surface area contributed by atoms with Gasteiger partial charge in [-0.05, 0) is 18.2 Å². The van der Waals surface area contributed by atoms with Crippen LogP contribution in [0.25, 0.3) is 5.57 Å². The molecule has 5 N–H and O–H groups in total. The fourth-order valence-electron chi connectivity index (χ4n) is 3.83. The van der Waals surface area contributed by atoms with Crippen molar-refractivity contribution in [2.45, 2.75) is 30.4 Å². The molecule has 0 bridgehead atoms. The predicted molar refractivity (Wildman–Crippen MR) is 106 cm³/mol. The Balaban J connectivity index is 1.90. The molecule has 31 heavy (non-hydrogen) atoms. The SMILES string of the molecule is NC(=O)C1=NC(c2c(F)cccc2F)(C2CC(O)C(O)CO2)NC=C1c1cccnc1. The fraction of sp³-hybridized carbons (Fsp3) is 0.286. The summed E-state index contributed by atoms with van der Waals surface area (Å²) in [5.41, 5.74) is 3.68. The quantitative estimate of drug-likeness (QED) is 0.562. The number of rotatable bonds is 4. The number of carbonyl (C=O) groups is 1. The molecule has 0 radical (unpaired) electrons. The zero-order chi connectivity index (χ0) is 22.2. The normalized spacial score (nSPS) is 28.3. The van der Waals surface area contributed by atoms with Crippen molar-refractivity contribution in [2.75, 3.05) is 6.61 Å². The molecule has 1 aromatic carbocycles. The summed E-state index contributed by atoms with van der Waals surface area (Å²) in [6, 6.07) is 6.62. The summed E-state index contributed by atoms with van der Waals surface area (Å²) < 4.78 is 35.4. The van der Waals surface area contributed by atoms with Crippen molar-refractivity contribution in [3.05, 3.63) is 71.7 Å². The number of amides is 1. The van der Waals surface area contributed by atoms with Gasteiger partial charge in [-0.15, -0.1) is 0 Å². The lowest BCUT2D eigenvalue weighted by Crippen LogP contribution is -2.58. The van der Waals surface area contributed by atoms with Crippen molar-refractivity contribution >= 4 is 17.2 Å². The third-order valence-electron chi connectivity index (χ3n) is 5.36. The van der Waals surface area contributed by atoms with E-state index in [1.165, 1.54) is 18.5 Å². The number of nitrogens with two attached hydrogens (primary N) is 1. The number of nitrogens with zero attached hydrogens (tertiary/aromatic N) is 2. The number of carbonyl (C=O) groups excluding carboxylic acids is 1. The van der Waals surface area contributed by atoms with Gasteiger partial charge in [0.25, 0.3) is 5.91 Å². The van der Waals surface area contributed by atoms with Crippen LogP contribution in [0.1, 0.15) is 17.5 Å². The second kappa shape index (κ2) is 8.14. The number of pyridine rings is 1. The second-order valence-electron chi connectivity index (χ2n) is 7.32. The maximum Gasteiger partial charge on any atom is 0.267 e. The summed E-state index contributed by atoms with van der Waals surface area (Å²) in [5, 5.41) is 22.9. The van der Waals surface area contributed by atoms with Crippen LogP contribution in [-0.4, -0.2) is 51.7 Å². The van der Waals surface area contributed by atoms with Gasteiger partial charge >= 0.3 is 0 Å². The smallest absolute Gasteiger partial charge is 0.267 e. The molecule has 8 nitrogen and oxygen atoms in total. The molecule has 10 heteroatoms. The first kappa shape index (κ1) is 21.0. The standard InChI is InChI=1S/C21H20F2N4O4/c22-13-4-1-5-14(23)18(13)21(17-7-15(28)16(29)10-31-17)26-9-12(19(27-21)20(24)30)11-3-2-6-25-8-11/h1-6,8-9,15-17,26,28-29H,7,10H2,(H2,24,30). The molecule has 4 unspecified atom stereocenters. The average molecular weight is 430 g/mol. The summed E-state index contributed by atoms with van der Waals surface area (Å²) in [4.78, 5) is 20.7. The molecule has 0 spiro atoms. The number of primary amides is 1. The highest BCUT2D eigenvalue weighted by Crippen LogP contribution is 2.40. The van der Waals surface area contributed by atoms with E-state index in [2.05, 4.69) is 15.3 Å². The molecule has 4 atom stereocenters. The van der Waals surface area contributed by atoms with Gasteiger partial charge in [-0.3, -0.25) is 9.78 Å². The van der Waals surface area contributed by atoms with Crippen molar-refractivity contribution in [3.8, 4) is 0 Å². The van der Waals surface area contributed by atoms with E-state index >= 15 is 0 Å². The summed E-state index contributed by atoms with van der Waals surface area (Å²) in [6.07, 6.45) is 0.692. The van der Waals surface area contributed by atoms with Crippen LogP contribution >= 0.6 is 0 Å². The summed E-state index contributed by atoms with van der Waals surface area (Å²) >= 11 is 0. The van der Waals surface area contributed by atoms with Crippen LogP contribution in [0.5, 0.6) is 0 Å². The van der Waals surface area contributed by atoms with E-state index in [1.807, 2.05) is 0 Å². The van der Waals surface area contributed by atoms with Gasteiger partial charge in [0.2, 0.25) is 0 Å². The second-order valence-corrected chi connectivity index (χ2v) is 7.32. The van der Waals surface area contributed by atoms with Gasteiger partial charge in [0.1, 0.15) is 29.6 Å². The molecular formula is C21H20F2N4O4. The molecule has 3 heterocycles. The molecule has 4 rings (SSSR count). The van der Waals surface area contributed by atoms with Gasteiger partial charge in [-0.1, -0.05) is 12.1 Å². The maximum absolute atomic E-state index is 14.9. The molecule has 162 valence electrons.